The zero-order valence-electron chi connectivity index (χ0n) is 15.3. The average molecular weight is 364 g/mol. The molecule has 0 spiro atoms. The zero-order chi connectivity index (χ0) is 19.2. The van der Waals surface area contributed by atoms with Crippen LogP contribution in [0.5, 0.6) is 5.75 Å². The van der Waals surface area contributed by atoms with Crippen LogP contribution in [0.15, 0.2) is 73.3 Å². The molecule has 138 valence electrons. The summed E-state index contributed by atoms with van der Waals surface area (Å²) in [6, 6.07) is 18.5. The van der Waals surface area contributed by atoms with Gasteiger partial charge in [-0.05, 0) is 54.2 Å². The second-order valence-corrected chi connectivity index (χ2v) is 6.44. The lowest BCUT2D eigenvalue weighted by molar-refractivity contribution is 0.312. The Hall–Kier alpha value is -2.94. The van der Waals surface area contributed by atoms with Crippen molar-refractivity contribution in [1.29, 1.82) is 0 Å². The molecule has 3 aromatic rings. The standard InChI is InChI=1S/C24H22F2O/c1-3-4-5-16-27-21-13-11-19(12-14-21)18-7-9-20(10-8-18)22-15-6-17(2)23(25)24(22)26/h3,6-15H,1,4-5,16H2,2H3. The summed E-state index contributed by atoms with van der Waals surface area (Å²) in [5.41, 5.74) is 3.27. The Morgan fingerprint density at radius 1 is 0.815 bits per heavy atom. The average Bonchev–Trinajstić information content (AvgIpc) is 2.70. The van der Waals surface area contributed by atoms with Gasteiger partial charge in [0.1, 0.15) is 5.75 Å². The number of ether oxygens (including phenoxy) is 1. The van der Waals surface area contributed by atoms with Crippen molar-refractivity contribution in [3.05, 3.63) is 90.5 Å². The fraction of sp³-hybridized carbons (Fsp3) is 0.167. The van der Waals surface area contributed by atoms with E-state index in [1.807, 2.05) is 54.6 Å². The Morgan fingerprint density at radius 2 is 1.41 bits per heavy atom. The summed E-state index contributed by atoms with van der Waals surface area (Å²) in [7, 11) is 0. The molecule has 1 nitrogen and oxygen atoms in total. The largest absolute Gasteiger partial charge is 0.494 e. The van der Waals surface area contributed by atoms with E-state index in [0.717, 1.165) is 29.7 Å². The number of rotatable bonds is 7. The fourth-order valence-corrected chi connectivity index (χ4v) is 2.87. The number of allylic oxidation sites excluding steroid dienone is 1. The van der Waals surface area contributed by atoms with Crippen LogP contribution < -0.4 is 4.74 Å². The second kappa shape index (κ2) is 8.63. The number of hydrogen-bond donors (Lipinski definition) is 0. The molecule has 0 radical (unpaired) electrons. The maximum Gasteiger partial charge on any atom is 0.166 e. The molecular weight excluding hydrogens is 342 g/mol. The van der Waals surface area contributed by atoms with Crippen molar-refractivity contribution >= 4 is 0 Å². The summed E-state index contributed by atoms with van der Waals surface area (Å²) in [6.07, 6.45) is 3.77. The highest BCUT2D eigenvalue weighted by molar-refractivity contribution is 5.71. The van der Waals surface area contributed by atoms with Gasteiger partial charge in [-0.25, -0.2) is 8.78 Å². The third-order valence-corrected chi connectivity index (χ3v) is 4.48. The fourth-order valence-electron chi connectivity index (χ4n) is 2.87. The highest BCUT2D eigenvalue weighted by Crippen LogP contribution is 2.29. The lowest BCUT2D eigenvalue weighted by Gasteiger charge is -2.09. The predicted octanol–water partition coefficient (Wildman–Crippen LogP) is 6.95. The van der Waals surface area contributed by atoms with Crippen LogP contribution in [0.1, 0.15) is 18.4 Å². The maximum absolute atomic E-state index is 14.2. The predicted molar refractivity (Wildman–Crippen MR) is 107 cm³/mol. The van der Waals surface area contributed by atoms with E-state index < -0.39 is 11.6 Å². The van der Waals surface area contributed by atoms with Gasteiger partial charge in [0.05, 0.1) is 6.61 Å². The first-order valence-electron chi connectivity index (χ1n) is 8.99. The smallest absolute Gasteiger partial charge is 0.166 e. The van der Waals surface area contributed by atoms with Crippen molar-refractivity contribution in [2.75, 3.05) is 6.61 Å². The summed E-state index contributed by atoms with van der Waals surface area (Å²) in [6.45, 7) is 5.91. The lowest BCUT2D eigenvalue weighted by atomic mass is 9.99. The molecule has 0 aliphatic carbocycles. The van der Waals surface area contributed by atoms with Crippen LogP contribution in [-0.4, -0.2) is 6.61 Å². The molecule has 0 unspecified atom stereocenters. The van der Waals surface area contributed by atoms with Crippen LogP contribution in [0.3, 0.4) is 0 Å². The van der Waals surface area contributed by atoms with Crippen molar-refractivity contribution in [2.45, 2.75) is 19.8 Å². The van der Waals surface area contributed by atoms with Gasteiger partial charge in [0.25, 0.3) is 0 Å². The van der Waals surface area contributed by atoms with Gasteiger partial charge in [0.2, 0.25) is 0 Å². The van der Waals surface area contributed by atoms with Crippen LogP contribution >= 0.6 is 0 Å². The first-order chi connectivity index (χ1) is 13.1. The van der Waals surface area contributed by atoms with E-state index in [1.54, 1.807) is 19.1 Å². The Kier molecular flexibility index (Phi) is 6.02. The topological polar surface area (TPSA) is 9.23 Å². The molecule has 0 amide bonds. The summed E-state index contributed by atoms with van der Waals surface area (Å²) in [4.78, 5) is 0. The van der Waals surface area contributed by atoms with E-state index in [0.29, 0.717) is 17.7 Å². The summed E-state index contributed by atoms with van der Waals surface area (Å²) >= 11 is 0. The first kappa shape index (κ1) is 18.8. The van der Waals surface area contributed by atoms with Crippen molar-refractivity contribution in [2.24, 2.45) is 0 Å². The molecule has 0 fully saturated rings. The van der Waals surface area contributed by atoms with Gasteiger partial charge in [-0.3, -0.25) is 0 Å². The Labute approximate surface area is 158 Å². The van der Waals surface area contributed by atoms with Gasteiger partial charge in [-0.15, -0.1) is 6.58 Å². The number of aryl methyl sites for hydroxylation is 1. The van der Waals surface area contributed by atoms with Crippen molar-refractivity contribution < 1.29 is 13.5 Å². The van der Waals surface area contributed by atoms with Gasteiger partial charge >= 0.3 is 0 Å². The van der Waals surface area contributed by atoms with Crippen molar-refractivity contribution in [3.8, 4) is 28.0 Å². The van der Waals surface area contributed by atoms with Crippen LogP contribution in [0.25, 0.3) is 22.3 Å². The monoisotopic (exact) mass is 364 g/mol. The molecule has 3 aromatic carbocycles. The van der Waals surface area contributed by atoms with Gasteiger partial charge in [0, 0.05) is 5.56 Å². The molecule has 0 aliphatic rings. The summed E-state index contributed by atoms with van der Waals surface area (Å²) in [5, 5.41) is 0. The molecule has 0 N–H and O–H groups in total. The van der Waals surface area contributed by atoms with E-state index in [9.17, 15) is 8.78 Å². The lowest BCUT2D eigenvalue weighted by Crippen LogP contribution is -1.96. The number of hydrogen-bond acceptors (Lipinski definition) is 1. The molecule has 0 saturated carbocycles. The molecule has 0 aliphatic heterocycles. The minimum absolute atomic E-state index is 0.271. The number of benzene rings is 3. The molecular formula is C24H22F2O. The number of unbranched alkanes of at least 4 members (excludes halogenated alkanes) is 1. The van der Waals surface area contributed by atoms with Gasteiger partial charge < -0.3 is 4.74 Å². The quantitative estimate of drug-likeness (QED) is 0.325. The molecule has 0 saturated heterocycles. The van der Waals surface area contributed by atoms with E-state index in [4.69, 9.17) is 4.74 Å². The normalized spacial score (nSPS) is 10.6. The summed E-state index contributed by atoms with van der Waals surface area (Å²) in [5.74, 6) is -0.766. The molecule has 0 atom stereocenters. The third-order valence-electron chi connectivity index (χ3n) is 4.48. The third kappa shape index (κ3) is 4.43. The van der Waals surface area contributed by atoms with Crippen molar-refractivity contribution in [1.82, 2.24) is 0 Å². The first-order valence-corrected chi connectivity index (χ1v) is 8.99. The highest BCUT2D eigenvalue weighted by atomic mass is 19.2. The molecule has 3 rings (SSSR count). The minimum atomic E-state index is -0.805. The van der Waals surface area contributed by atoms with Crippen molar-refractivity contribution in [3.63, 3.8) is 0 Å². The van der Waals surface area contributed by atoms with Gasteiger partial charge in [-0.1, -0.05) is 54.6 Å². The SMILES string of the molecule is C=CCCCOc1ccc(-c2ccc(-c3ccc(C)c(F)c3F)cc2)cc1. The Balaban J connectivity index is 1.74. The van der Waals surface area contributed by atoms with E-state index >= 15 is 0 Å². The van der Waals surface area contributed by atoms with Crippen LogP contribution in [-0.2, 0) is 0 Å². The Bertz CT molecular complexity index is 912. The van der Waals surface area contributed by atoms with E-state index in [2.05, 4.69) is 6.58 Å². The Morgan fingerprint density at radius 3 is 2.04 bits per heavy atom. The molecule has 0 bridgehead atoms. The van der Waals surface area contributed by atoms with Gasteiger partial charge in [-0.2, -0.15) is 0 Å². The summed E-state index contributed by atoms with van der Waals surface area (Å²) < 4.78 is 33.7. The molecule has 0 aromatic heterocycles. The zero-order valence-corrected chi connectivity index (χ0v) is 15.3. The second-order valence-electron chi connectivity index (χ2n) is 6.44. The van der Waals surface area contributed by atoms with Gasteiger partial charge in [0.15, 0.2) is 11.6 Å². The van der Waals surface area contributed by atoms with Crippen LogP contribution in [0.4, 0.5) is 8.78 Å². The number of halogens is 2. The molecule has 27 heavy (non-hydrogen) atoms. The van der Waals surface area contributed by atoms with Crippen LogP contribution in [0, 0.1) is 18.6 Å². The highest BCUT2D eigenvalue weighted by Gasteiger charge is 2.12. The maximum atomic E-state index is 14.2. The van der Waals surface area contributed by atoms with E-state index in [1.165, 1.54) is 0 Å². The minimum Gasteiger partial charge on any atom is -0.494 e. The van der Waals surface area contributed by atoms with E-state index in [-0.39, 0.29) is 5.56 Å². The molecule has 0 heterocycles. The van der Waals surface area contributed by atoms with Crippen LogP contribution in [0.2, 0.25) is 0 Å². The molecule has 3 heteroatoms.